The third-order valence-corrected chi connectivity index (χ3v) is 8.03. The van der Waals surface area contributed by atoms with Gasteiger partial charge in [-0.1, -0.05) is 62.8 Å². The van der Waals surface area contributed by atoms with E-state index in [0.29, 0.717) is 6.42 Å². The van der Waals surface area contributed by atoms with Crippen LogP contribution < -0.4 is 0 Å². The summed E-state index contributed by atoms with van der Waals surface area (Å²) in [4.78, 5) is 13.5. The molecule has 10 unspecified atom stereocenters. The van der Waals surface area contributed by atoms with Gasteiger partial charge in [0, 0.05) is 33.2 Å². The number of hydrogen-bond donors (Lipinski definition) is 2. The molecule has 3 rings (SSSR count). The van der Waals surface area contributed by atoms with Crippen molar-refractivity contribution in [1.82, 2.24) is 0 Å². The molecule has 8 nitrogen and oxygen atoms in total. The van der Waals surface area contributed by atoms with Crippen LogP contribution >= 0.6 is 0 Å². The van der Waals surface area contributed by atoms with E-state index in [1.807, 2.05) is 56.3 Å². The largest absolute Gasteiger partial charge is 0.457 e. The van der Waals surface area contributed by atoms with Gasteiger partial charge in [0.1, 0.15) is 24.2 Å². The number of carbonyl (C=O) groups excluding carboxylic acids is 1. The fourth-order valence-electron chi connectivity index (χ4n) is 5.56. The highest BCUT2D eigenvalue weighted by atomic mass is 16.7. The van der Waals surface area contributed by atoms with E-state index in [1.54, 1.807) is 21.1 Å². The highest BCUT2D eigenvalue weighted by Crippen LogP contribution is 2.42. The number of carbonyl (C=O) groups is 1. The van der Waals surface area contributed by atoms with E-state index in [0.717, 1.165) is 24.8 Å². The van der Waals surface area contributed by atoms with Crippen molar-refractivity contribution in [3.63, 3.8) is 0 Å². The van der Waals surface area contributed by atoms with Crippen LogP contribution in [0, 0.1) is 17.8 Å². The molecule has 1 fully saturated rings. The summed E-state index contributed by atoms with van der Waals surface area (Å²) in [5.41, 5.74) is 0.880. The van der Waals surface area contributed by atoms with Gasteiger partial charge in [0.05, 0.1) is 18.3 Å². The Labute approximate surface area is 220 Å². The summed E-state index contributed by atoms with van der Waals surface area (Å²) in [7, 11) is 4.72. The standard InChI is InChI=1S/C29H44O8/c1-18-16-17-24(34-5)23(33-4)15-11-10-14-22(21-12-8-7-9-13-21)36-28(31)20(3)29(32)27(35-6)25(30)19(2)26(18)37-29/h7-9,12-13,16-20,22-27,30,32H,10-11,14-15H2,1-6H3. The number of methoxy groups -OCH3 is 3. The van der Waals surface area contributed by atoms with E-state index in [-0.39, 0.29) is 24.0 Å². The second-order valence-electron chi connectivity index (χ2n) is 10.4. The van der Waals surface area contributed by atoms with Crippen molar-refractivity contribution in [3.05, 3.63) is 48.0 Å². The lowest BCUT2D eigenvalue weighted by Gasteiger charge is -2.51. The van der Waals surface area contributed by atoms with Crippen LogP contribution in [0.5, 0.6) is 0 Å². The number of cyclic esters (lactones) is 1. The Morgan fingerprint density at radius 1 is 0.946 bits per heavy atom. The first-order valence-corrected chi connectivity index (χ1v) is 13.3. The molecule has 2 N–H and O–H groups in total. The van der Waals surface area contributed by atoms with Crippen molar-refractivity contribution in [2.45, 2.75) is 88.9 Å². The average molecular weight is 521 g/mol. The quantitative estimate of drug-likeness (QED) is 0.456. The van der Waals surface area contributed by atoms with E-state index in [1.165, 1.54) is 7.11 Å². The van der Waals surface area contributed by atoms with Gasteiger partial charge < -0.3 is 33.9 Å². The topological polar surface area (TPSA) is 104 Å². The van der Waals surface area contributed by atoms with Gasteiger partial charge in [-0.15, -0.1) is 0 Å². The SMILES string of the molecule is COC1C=CC(C)C2OC(O)(C(C)C(=O)OC(c3ccccc3)CCCCC1OC)C(OC)C(O)C2C. The molecule has 1 saturated heterocycles. The normalized spacial score (nSPS) is 40.2. The Morgan fingerprint density at radius 3 is 2.24 bits per heavy atom. The summed E-state index contributed by atoms with van der Waals surface area (Å²) in [6.45, 7) is 5.36. The molecular weight excluding hydrogens is 476 g/mol. The Morgan fingerprint density at radius 2 is 1.62 bits per heavy atom. The lowest BCUT2D eigenvalue weighted by Crippen LogP contribution is -2.66. The third kappa shape index (κ3) is 6.61. The smallest absolute Gasteiger partial charge is 0.314 e. The maximum absolute atomic E-state index is 13.5. The van der Waals surface area contributed by atoms with Crippen LogP contribution in [0.3, 0.4) is 0 Å². The Bertz CT molecular complexity index is 876. The molecule has 0 saturated carbocycles. The van der Waals surface area contributed by atoms with Crippen LogP contribution in [0.4, 0.5) is 0 Å². The van der Waals surface area contributed by atoms with Gasteiger partial charge in [-0.3, -0.25) is 4.79 Å². The fraction of sp³-hybridized carbons (Fsp3) is 0.690. The molecule has 0 radical (unpaired) electrons. The summed E-state index contributed by atoms with van der Waals surface area (Å²) in [6.07, 6.45) is 3.29. The van der Waals surface area contributed by atoms with Crippen molar-refractivity contribution in [2.24, 2.45) is 17.8 Å². The Hall–Kier alpha value is -1.81. The zero-order valence-electron chi connectivity index (χ0n) is 22.9. The third-order valence-electron chi connectivity index (χ3n) is 8.03. The minimum absolute atomic E-state index is 0.149. The van der Waals surface area contributed by atoms with Gasteiger partial charge in [-0.2, -0.15) is 0 Å². The van der Waals surface area contributed by atoms with E-state index in [2.05, 4.69) is 0 Å². The number of aliphatic hydroxyl groups excluding tert-OH is 1. The maximum Gasteiger partial charge on any atom is 0.314 e. The highest BCUT2D eigenvalue weighted by molar-refractivity contribution is 5.73. The molecule has 0 aromatic heterocycles. The van der Waals surface area contributed by atoms with Gasteiger partial charge in [-0.25, -0.2) is 0 Å². The van der Waals surface area contributed by atoms with E-state index in [9.17, 15) is 15.0 Å². The molecule has 1 aromatic carbocycles. The molecule has 0 spiro atoms. The zero-order valence-corrected chi connectivity index (χ0v) is 22.9. The molecule has 1 aromatic rings. The number of hydrogen-bond acceptors (Lipinski definition) is 8. The number of benzene rings is 1. The van der Waals surface area contributed by atoms with Crippen molar-refractivity contribution >= 4 is 5.97 Å². The summed E-state index contributed by atoms with van der Waals surface area (Å²) in [5.74, 6) is -4.38. The predicted molar refractivity (Wildman–Crippen MR) is 139 cm³/mol. The molecule has 0 amide bonds. The molecule has 2 aliphatic heterocycles. The first-order valence-electron chi connectivity index (χ1n) is 13.3. The lowest BCUT2D eigenvalue weighted by atomic mass is 9.78. The van der Waals surface area contributed by atoms with Crippen LogP contribution in [-0.4, -0.2) is 73.8 Å². The summed E-state index contributed by atoms with van der Waals surface area (Å²) in [6, 6.07) is 9.58. The summed E-state index contributed by atoms with van der Waals surface area (Å²) < 4.78 is 29.3. The van der Waals surface area contributed by atoms with Crippen LogP contribution in [-0.2, 0) is 28.5 Å². The molecule has 2 heterocycles. The van der Waals surface area contributed by atoms with Crippen LogP contribution in [0.1, 0.15) is 58.1 Å². The molecule has 8 heteroatoms. The zero-order chi connectivity index (χ0) is 27.2. The minimum Gasteiger partial charge on any atom is -0.457 e. The van der Waals surface area contributed by atoms with E-state index in [4.69, 9.17) is 23.7 Å². The Balaban J connectivity index is 2.01. The van der Waals surface area contributed by atoms with Gasteiger partial charge in [-0.05, 0) is 31.7 Å². The van der Waals surface area contributed by atoms with Crippen LogP contribution in [0.25, 0.3) is 0 Å². The maximum atomic E-state index is 13.5. The van der Waals surface area contributed by atoms with Gasteiger partial charge in [0.15, 0.2) is 0 Å². The summed E-state index contributed by atoms with van der Waals surface area (Å²) >= 11 is 0. The van der Waals surface area contributed by atoms with E-state index < -0.39 is 42.1 Å². The van der Waals surface area contributed by atoms with Crippen molar-refractivity contribution < 1.29 is 38.7 Å². The number of aliphatic hydroxyl groups is 2. The molecule has 10 atom stereocenters. The second kappa shape index (κ2) is 13.3. The number of fused-ring (bicyclic) bond motifs is 2. The lowest BCUT2D eigenvalue weighted by molar-refractivity contribution is -0.360. The molecule has 208 valence electrons. The molecule has 0 aliphatic carbocycles. The van der Waals surface area contributed by atoms with Gasteiger partial charge in [0.2, 0.25) is 5.79 Å². The predicted octanol–water partition coefficient (Wildman–Crippen LogP) is 3.80. The first kappa shape index (κ1) is 29.7. The minimum atomic E-state index is -2.08. The number of ether oxygens (including phenoxy) is 5. The van der Waals surface area contributed by atoms with E-state index >= 15 is 0 Å². The van der Waals surface area contributed by atoms with Crippen molar-refractivity contribution in [1.29, 1.82) is 0 Å². The molecule has 2 bridgehead atoms. The van der Waals surface area contributed by atoms with Crippen molar-refractivity contribution in [2.75, 3.05) is 21.3 Å². The fourth-order valence-corrected chi connectivity index (χ4v) is 5.56. The monoisotopic (exact) mass is 520 g/mol. The van der Waals surface area contributed by atoms with Gasteiger partial charge in [0.25, 0.3) is 0 Å². The summed E-state index contributed by atoms with van der Waals surface area (Å²) in [5, 5.41) is 22.9. The molecular formula is C29H44O8. The average Bonchev–Trinajstić information content (AvgIpc) is 2.90. The van der Waals surface area contributed by atoms with Crippen LogP contribution in [0.2, 0.25) is 0 Å². The number of esters is 1. The Kier molecular flexibility index (Phi) is 10.7. The van der Waals surface area contributed by atoms with Crippen molar-refractivity contribution in [3.8, 4) is 0 Å². The first-order chi connectivity index (χ1) is 17.7. The van der Waals surface area contributed by atoms with Crippen LogP contribution in [0.15, 0.2) is 42.5 Å². The molecule has 37 heavy (non-hydrogen) atoms. The van der Waals surface area contributed by atoms with Gasteiger partial charge >= 0.3 is 5.97 Å². The molecule has 2 aliphatic rings. The second-order valence-corrected chi connectivity index (χ2v) is 10.4. The highest BCUT2D eigenvalue weighted by Gasteiger charge is 2.58. The number of rotatable bonds is 4.